The number of benzene rings is 1. The van der Waals surface area contributed by atoms with Gasteiger partial charge in [-0.3, -0.25) is 14.4 Å². The fraction of sp³-hybridized carbons (Fsp3) is 0.634. The van der Waals surface area contributed by atoms with Crippen molar-refractivity contribution in [1.29, 1.82) is 0 Å². The molecule has 51 heavy (non-hydrogen) atoms. The van der Waals surface area contributed by atoms with Crippen LogP contribution in [0.3, 0.4) is 0 Å². The fourth-order valence-electron chi connectivity index (χ4n) is 9.31. The minimum absolute atomic E-state index is 0.0390. The van der Waals surface area contributed by atoms with E-state index in [0.29, 0.717) is 44.0 Å². The zero-order valence-electron chi connectivity index (χ0n) is 31.7. The summed E-state index contributed by atoms with van der Waals surface area (Å²) in [5, 5.41) is 4.60. The largest absolute Gasteiger partial charge is 0.496 e. The predicted octanol–water partition coefficient (Wildman–Crippen LogP) is 7.99. The number of methoxy groups -OCH3 is 1. The molecule has 0 N–H and O–H groups in total. The van der Waals surface area contributed by atoms with Crippen molar-refractivity contribution in [2.75, 3.05) is 31.6 Å². The first-order valence-electron chi connectivity index (χ1n) is 19.1. The van der Waals surface area contributed by atoms with Crippen LogP contribution in [0.5, 0.6) is 5.75 Å². The van der Waals surface area contributed by atoms with E-state index in [0.717, 1.165) is 68.6 Å². The number of amides is 2. The van der Waals surface area contributed by atoms with Gasteiger partial charge in [0.1, 0.15) is 24.0 Å². The Kier molecular flexibility index (Phi) is 9.42. The van der Waals surface area contributed by atoms with E-state index in [1.807, 2.05) is 28.0 Å². The molecule has 0 unspecified atom stereocenters. The third-order valence-corrected chi connectivity index (χ3v) is 12.5. The molecule has 1 aromatic carbocycles. The van der Waals surface area contributed by atoms with Gasteiger partial charge in [-0.2, -0.15) is 5.10 Å². The molecule has 2 aromatic heterocycles. The quantitative estimate of drug-likeness (QED) is 0.235. The molecule has 0 radical (unpaired) electrons. The van der Waals surface area contributed by atoms with E-state index >= 15 is 0 Å². The summed E-state index contributed by atoms with van der Waals surface area (Å²) in [4.78, 5) is 40.5. The summed E-state index contributed by atoms with van der Waals surface area (Å²) in [7, 11) is 1.75. The van der Waals surface area contributed by atoms with Crippen molar-refractivity contribution < 1.29 is 19.1 Å². The van der Waals surface area contributed by atoms with Gasteiger partial charge in [0, 0.05) is 43.4 Å². The number of ether oxygens (including phenoxy) is 2. The molecule has 10 nitrogen and oxygen atoms in total. The number of carbonyl (C=O) groups excluding carboxylic acids is 2. The Hall–Kier alpha value is -3.95. The standard InChI is InChI=1S/C41H56N6O4/c1-27-22-45(23-27)38(49)51-33-10-8-30(9-11-33)37(48)46(35-20-34(42-26-43-35)31-21-44-47(24-31)39(4,5)6)25-40-12-15-41(16-13-40,17-14-40)32-18-28(2)36(50-7)29(3)19-32/h18-21,24,26-27,30,33H,8-17,22-23,25H2,1-7H3. The lowest BCUT2D eigenvalue weighted by Gasteiger charge is -2.55. The zero-order valence-corrected chi connectivity index (χ0v) is 31.7. The van der Waals surface area contributed by atoms with Gasteiger partial charge >= 0.3 is 6.09 Å². The molecule has 274 valence electrons. The molecular weight excluding hydrogens is 640 g/mol. The molecule has 4 aliphatic carbocycles. The van der Waals surface area contributed by atoms with Crippen LogP contribution in [-0.4, -0.2) is 69.5 Å². The van der Waals surface area contributed by atoms with Gasteiger partial charge < -0.3 is 14.4 Å². The third kappa shape index (κ3) is 6.99. The summed E-state index contributed by atoms with van der Waals surface area (Å²) in [6, 6.07) is 6.67. The van der Waals surface area contributed by atoms with Crippen LogP contribution < -0.4 is 9.64 Å². The van der Waals surface area contributed by atoms with Gasteiger partial charge in [-0.05, 0) is 132 Å². The Morgan fingerprint density at radius 2 is 1.59 bits per heavy atom. The van der Waals surface area contributed by atoms with Gasteiger partial charge in [0.05, 0.1) is 24.5 Å². The zero-order chi connectivity index (χ0) is 36.1. The van der Waals surface area contributed by atoms with Crippen LogP contribution in [0.25, 0.3) is 11.3 Å². The molecule has 0 atom stereocenters. The number of likely N-dealkylation sites (tertiary alicyclic amines) is 1. The lowest BCUT2D eigenvalue weighted by molar-refractivity contribution is -0.124. The minimum atomic E-state index is -0.211. The van der Waals surface area contributed by atoms with Gasteiger partial charge in [-0.1, -0.05) is 19.1 Å². The van der Waals surface area contributed by atoms with Crippen LogP contribution in [0.15, 0.2) is 36.9 Å². The second kappa shape index (κ2) is 13.6. The monoisotopic (exact) mass is 696 g/mol. The fourth-order valence-corrected chi connectivity index (χ4v) is 9.31. The molecule has 8 rings (SSSR count). The Balaban J connectivity index is 1.11. The van der Waals surface area contributed by atoms with Crippen molar-refractivity contribution in [2.45, 2.75) is 123 Å². The number of anilines is 1. The number of carbonyl (C=O) groups is 2. The van der Waals surface area contributed by atoms with Crippen LogP contribution in [0, 0.1) is 31.1 Å². The smallest absolute Gasteiger partial charge is 0.410 e. The lowest BCUT2D eigenvalue weighted by Crippen LogP contribution is -2.52. The maximum Gasteiger partial charge on any atom is 0.410 e. The molecule has 10 heteroatoms. The van der Waals surface area contributed by atoms with Crippen LogP contribution in [0.1, 0.15) is 109 Å². The summed E-state index contributed by atoms with van der Waals surface area (Å²) < 4.78 is 13.5. The Morgan fingerprint density at radius 3 is 2.16 bits per heavy atom. The Morgan fingerprint density at radius 1 is 0.941 bits per heavy atom. The van der Waals surface area contributed by atoms with E-state index in [1.54, 1.807) is 18.3 Å². The van der Waals surface area contributed by atoms with E-state index < -0.39 is 0 Å². The second-order valence-corrected chi connectivity index (χ2v) is 17.3. The summed E-state index contributed by atoms with van der Waals surface area (Å²) in [5.41, 5.74) is 5.57. The summed E-state index contributed by atoms with van der Waals surface area (Å²) in [6.07, 6.45) is 14.5. The number of hydrogen-bond donors (Lipinski definition) is 0. The molecule has 3 aromatic rings. The maximum atomic E-state index is 14.7. The highest BCUT2D eigenvalue weighted by Gasteiger charge is 2.51. The predicted molar refractivity (Wildman–Crippen MR) is 198 cm³/mol. The van der Waals surface area contributed by atoms with E-state index in [9.17, 15) is 9.59 Å². The first kappa shape index (κ1) is 35.5. The third-order valence-electron chi connectivity index (χ3n) is 12.5. The first-order valence-corrected chi connectivity index (χ1v) is 19.1. The normalized spacial score (nSPS) is 26.5. The SMILES string of the molecule is COc1c(C)cc(C23CCC(CN(C(=O)C4CCC(OC(=O)N5CC(C)C5)CC4)c4cc(-c5cnn(C(C)(C)C)c5)ncn4)(CC2)CC3)cc1C. The second-order valence-electron chi connectivity index (χ2n) is 17.3. The molecule has 5 aliphatic rings. The first-order chi connectivity index (χ1) is 24.3. The van der Waals surface area contributed by atoms with Gasteiger partial charge in [0.2, 0.25) is 5.91 Å². The Bertz CT molecular complexity index is 1720. The average Bonchev–Trinajstić information content (AvgIpc) is 3.62. The lowest BCUT2D eigenvalue weighted by atomic mass is 9.51. The Labute approximate surface area is 303 Å². The molecule has 3 heterocycles. The molecule has 2 amide bonds. The van der Waals surface area contributed by atoms with Crippen molar-refractivity contribution in [1.82, 2.24) is 24.6 Å². The number of aryl methyl sites for hydroxylation is 2. The number of hydrogen-bond acceptors (Lipinski definition) is 7. The van der Waals surface area contributed by atoms with Crippen LogP contribution in [0.2, 0.25) is 0 Å². The van der Waals surface area contributed by atoms with Gasteiger partial charge in [-0.15, -0.1) is 0 Å². The van der Waals surface area contributed by atoms with Crippen molar-refractivity contribution >= 4 is 17.8 Å². The van der Waals surface area contributed by atoms with E-state index in [1.165, 1.54) is 16.7 Å². The molecule has 1 saturated heterocycles. The molecule has 5 fully saturated rings. The number of nitrogens with zero attached hydrogens (tertiary/aromatic N) is 6. The van der Waals surface area contributed by atoms with E-state index in [2.05, 4.69) is 63.8 Å². The molecule has 4 saturated carbocycles. The highest BCUT2D eigenvalue weighted by Crippen LogP contribution is 2.58. The van der Waals surface area contributed by atoms with Gasteiger partial charge in [-0.25, -0.2) is 14.8 Å². The minimum Gasteiger partial charge on any atom is -0.496 e. The van der Waals surface area contributed by atoms with E-state index in [-0.39, 0.29) is 40.4 Å². The highest BCUT2D eigenvalue weighted by molar-refractivity contribution is 5.94. The molecular formula is C41H56N6O4. The number of rotatable bonds is 8. The molecule has 1 aliphatic heterocycles. The summed E-state index contributed by atoms with van der Waals surface area (Å²) in [5.74, 6) is 2.17. The number of fused-ring (bicyclic) bond motifs is 3. The van der Waals surface area contributed by atoms with E-state index in [4.69, 9.17) is 14.5 Å². The summed E-state index contributed by atoms with van der Waals surface area (Å²) >= 11 is 0. The van der Waals surface area contributed by atoms with Crippen molar-refractivity contribution in [3.8, 4) is 17.0 Å². The highest BCUT2D eigenvalue weighted by atomic mass is 16.6. The van der Waals surface area contributed by atoms with Crippen LogP contribution in [-0.2, 0) is 20.5 Å². The number of aromatic nitrogens is 4. The van der Waals surface area contributed by atoms with Gasteiger partial charge in [0.25, 0.3) is 0 Å². The maximum absolute atomic E-state index is 14.7. The molecule has 0 spiro atoms. The van der Waals surface area contributed by atoms with Crippen molar-refractivity contribution in [2.24, 2.45) is 17.3 Å². The average molecular weight is 697 g/mol. The van der Waals surface area contributed by atoms with Crippen LogP contribution >= 0.6 is 0 Å². The van der Waals surface area contributed by atoms with Crippen LogP contribution in [0.4, 0.5) is 10.6 Å². The molecule has 2 bridgehead atoms. The van der Waals surface area contributed by atoms with Gasteiger partial charge in [0.15, 0.2) is 0 Å². The topological polar surface area (TPSA) is 103 Å². The van der Waals surface area contributed by atoms with Crippen molar-refractivity contribution in [3.63, 3.8) is 0 Å². The summed E-state index contributed by atoms with van der Waals surface area (Å²) in [6.45, 7) is 15.0. The van der Waals surface area contributed by atoms with Crippen molar-refractivity contribution in [3.05, 3.63) is 53.6 Å².